The van der Waals surface area contributed by atoms with Crippen LogP contribution in [-0.4, -0.2) is 25.1 Å². The number of pyridine rings is 1. The molecule has 90 valence electrons. The van der Waals surface area contributed by atoms with Gasteiger partial charge < -0.3 is 0 Å². The Morgan fingerprint density at radius 2 is 2.24 bits per heavy atom. The van der Waals surface area contributed by atoms with Gasteiger partial charge in [0.2, 0.25) is 10.0 Å². The summed E-state index contributed by atoms with van der Waals surface area (Å²) in [5, 5.41) is 8.51. The number of nitriles is 1. The summed E-state index contributed by atoms with van der Waals surface area (Å²) in [6, 6.07) is 4.50. The van der Waals surface area contributed by atoms with Gasteiger partial charge in [-0.15, -0.1) is 0 Å². The molecule has 1 rings (SSSR count). The summed E-state index contributed by atoms with van der Waals surface area (Å²) in [5.74, 6) is -0.849. The summed E-state index contributed by atoms with van der Waals surface area (Å²) < 4.78 is 24.6. The quantitative estimate of drug-likeness (QED) is 0.838. The zero-order valence-corrected chi connectivity index (χ0v) is 9.99. The van der Waals surface area contributed by atoms with Crippen molar-refractivity contribution in [2.24, 2.45) is 0 Å². The van der Waals surface area contributed by atoms with Gasteiger partial charge in [-0.3, -0.25) is 4.79 Å². The van der Waals surface area contributed by atoms with Crippen LogP contribution in [0.3, 0.4) is 0 Å². The standard InChI is InChI=1S/C10H11N3O3S/c1-2-5-17(15,16)13-10(14)8-3-4-9(6-11)12-7-8/h3-4,7H,2,5H2,1H3,(H,13,14). The molecule has 6 nitrogen and oxygen atoms in total. The monoisotopic (exact) mass is 253 g/mol. The van der Waals surface area contributed by atoms with Gasteiger partial charge in [-0.2, -0.15) is 5.26 Å². The Labute approximate surface area is 99.3 Å². The minimum atomic E-state index is -3.59. The molecular weight excluding hydrogens is 242 g/mol. The van der Waals surface area contributed by atoms with Crippen molar-refractivity contribution in [3.63, 3.8) is 0 Å². The number of rotatable bonds is 4. The molecule has 1 aromatic rings. The number of amides is 1. The number of aromatic nitrogens is 1. The maximum Gasteiger partial charge on any atom is 0.266 e. The van der Waals surface area contributed by atoms with Gasteiger partial charge in [-0.25, -0.2) is 18.1 Å². The van der Waals surface area contributed by atoms with E-state index in [1.54, 1.807) is 13.0 Å². The maximum atomic E-state index is 11.5. The molecule has 1 amide bonds. The van der Waals surface area contributed by atoms with E-state index < -0.39 is 15.9 Å². The van der Waals surface area contributed by atoms with Gasteiger partial charge in [-0.1, -0.05) is 6.92 Å². The van der Waals surface area contributed by atoms with E-state index in [9.17, 15) is 13.2 Å². The summed E-state index contributed by atoms with van der Waals surface area (Å²) in [6.07, 6.45) is 1.59. The molecule has 0 aliphatic carbocycles. The molecule has 1 heterocycles. The van der Waals surface area contributed by atoms with Crippen LogP contribution in [0.4, 0.5) is 0 Å². The van der Waals surface area contributed by atoms with Crippen LogP contribution in [0.5, 0.6) is 0 Å². The van der Waals surface area contributed by atoms with E-state index in [1.807, 2.05) is 4.72 Å². The summed E-state index contributed by atoms with van der Waals surface area (Å²) in [6.45, 7) is 1.70. The summed E-state index contributed by atoms with van der Waals surface area (Å²) in [7, 11) is -3.59. The molecule has 0 unspecified atom stereocenters. The van der Waals surface area contributed by atoms with Gasteiger partial charge in [0.05, 0.1) is 11.3 Å². The Kier molecular flexibility index (Phi) is 4.17. The highest BCUT2D eigenvalue weighted by molar-refractivity contribution is 7.90. The normalized spacial score (nSPS) is 10.6. The molecule has 7 heteroatoms. The topological polar surface area (TPSA) is 99.9 Å². The van der Waals surface area contributed by atoms with Crippen LogP contribution >= 0.6 is 0 Å². The Balaban J connectivity index is 2.81. The highest BCUT2D eigenvalue weighted by Crippen LogP contribution is 2.00. The summed E-state index contributed by atoms with van der Waals surface area (Å²) in [5.41, 5.74) is 0.265. The third kappa shape index (κ3) is 3.85. The van der Waals surface area contributed by atoms with Crippen molar-refractivity contribution in [1.29, 1.82) is 5.26 Å². The fraction of sp³-hybridized carbons (Fsp3) is 0.300. The van der Waals surface area contributed by atoms with Crippen LogP contribution in [0.2, 0.25) is 0 Å². The molecule has 0 spiro atoms. The minimum Gasteiger partial charge on any atom is -0.268 e. The molecule has 1 aromatic heterocycles. The predicted octanol–water partition coefficient (Wildman–Crippen LogP) is 0.423. The minimum absolute atomic E-state index is 0.101. The maximum absolute atomic E-state index is 11.5. The second-order valence-electron chi connectivity index (χ2n) is 3.29. The average molecular weight is 253 g/mol. The Hall–Kier alpha value is -1.94. The van der Waals surface area contributed by atoms with Crippen molar-refractivity contribution in [3.05, 3.63) is 29.6 Å². The third-order valence-electron chi connectivity index (χ3n) is 1.86. The fourth-order valence-corrected chi connectivity index (χ4v) is 2.15. The van der Waals surface area contributed by atoms with Gasteiger partial charge >= 0.3 is 0 Å². The lowest BCUT2D eigenvalue weighted by atomic mass is 10.2. The fourth-order valence-electron chi connectivity index (χ4n) is 1.11. The first-order valence-electron chi connectivity index (χ1n) is 4.89. The average Bonchev–Trinajstić information content (AvgIpc) is 2.28. The van der Waals surface area contributed by atoms with E-state index in [0.29, 0.717) is 6.42 Å². The molecule has 0 atom stereocenters. The number of carbonyl (C=O) groups is 1. The third-order valence-corrected chi connectivity index (χ3v) is 3.30. The molecule has 0 bridgehead atoms. The van der Waals surface area contributed by atoms with Crippen LogP contribution in [0.15, 0.2) is 18.3 Å². The smallest absolute Gasteiger partial charge is 0.266 e. The number of nitrogens with zero attached hydrogens (tertiary/aromatic N) is 2. The van der Waals surface area contributed by atoms with E-state index in [1.165, 1.54) is 12.1 Å². The lowest BCUT2D eigenvalue weighted by Gasteiger charge is -2.05. The summed E-state index contributed by atoms with van der Waals surface area (Å²) in [4.78, 5) is 15.2. The first-order chi connectivity index (χ1) is 7.98. The highest BCUT2D eigenvalue weighted by Gasteiger charge is 2.15. The molecule has 0 aliphatic heterocycles. The Bertz CT molecular complexity index is 543. The molecule has 0 fully saturated rings. The number of hydrogen-bond donors (Lipinski definition) is 1. The number of carbonyl (C=O) groups excluding carboxylic acids is 1. The van der Waals surface area contributed by atoms with Gasteiger partial charge in [0.15, 0.2) is 0 Å². The lowest BCUT2D eigenvalue weighted by Crippen LogP contribution is -2.32. The van der Waals surface area contributed by atoms with Crippen LogP contribution in [0.25, 0.3) is 0 Å². The van der Waals surface area contributed by atoms with Gasteiger partial charge in [0.1, 0.15) is 11.8 Å². The van der Waals surface area contributed by atoms with E-state index >= 15 is 0 Å². The second-order valence-corrected chi connectivity index (χ2v) is 5.14. The van der Waals surface area contributed by atoms with Crippen LogP contribution in [0, 0.1) is 11.3 Å². The molecule has 0 saturated carbocycles. The molecule has 0 aliphatic rings. The first kappa shape index (κ1) is 13.1. The van der Waals surface area contributed by atoms with Crippen LogP contribution < -0.4 is 4.72 Å². The predicted molar refractivity (Wildman–Crippen MR) is 60.5 cm³/mol. The molecule has 0 radical (unpaired) electrons. The van der Waals surface area contributed by atoms with E-state index in [0.717, 1.165) is 6.20 Å². The highest BCUT2D eigenvalue weighted by atomic mass is 32.2. The Morgan fingerprint density at radius 3 is 2.71 bits per heavy atom. The lowest BCUT2D eigenvalue weighted by molar-refractivity contribution is 0.0981. The van der Waals surface area contributed by atoms with Gasteiger partial charge in [0.25, 0.3) is 5.91 Å². The zero-order chi connectivity index (χ0) is 12.9. The molecule has 1 N–H and O–H groups in total. The largest absolute Gasteiger partial charge is 0.268 e. The van der Waals surface area contributed by atoms with Crippen molar-refractivity contribution in [3.8, 4) is 6.07 Å². The first-order valence-corrected chi connectivity index (χ1v) is 6.54. The van der Waals surface area contributed by atoms with E-state index in [4.69, 9.17) is 5.26 Å². The van der Waals surface area contributed by atoms with Crippen molar-refractivity contribution >= 4 is 15.9 Å². The number of hydrogen-bond acceptors (Lipinski definition) is 5. The van der Waals surface area contributed by atoms with Crippen molar-refractivity contribution in [2.75, 3.05) is 5.75 Å². The van der Waals surface area contributed by atoms with Gasteiger partial charge in [-0.05, 0) is 18.6 Å². The zero-order valence-electron chi connectivity index (χ0n) is 9.17. The van der Waals surface area contributed by atoms with Crippen molar-refractivity contribution in [1.82, 2.24) is 9.71 Å². The second kappa shape index (κ2) is 5.41. The molecule has 0 saturated heterocycles. The Morgan fingerprint density at radius 1 is 1.53 bits per heavy atom. The van der Waals surface area contributed by atoms with Crippen molar-refractivity contribution < 1.29 is 13.2 Å². The number of nitrogens with one attached hydrogen (secondary N) is 1. The van der Waals surface area contributed by atoms with E-state index in [-0.39, 0.29) is 17.0 Å². The SMILES string of the molecule is CCCS(=O)(=O)NC(=O)c1ccc(C#N)nc1. The van der Waals surface area contributed by atoms with Crippen LogP contribution in [0.1, 0.15) is 29.4 Å². The molecule has 0 aromatic carbocycles. The summed E-state index contributed by atoms with van der Waals surface area (Å²) >= 11 is 0. The molecule has 17 heavy (non-hydrogen) atoms. The number of sulfonamides is 1. The van der Waals surface area contributed by atoms with E-state index in [2.05, 4.69) is 4.98 Å². The van der Waals surface area contributed by atoms with Crippen LogP contribution in [-0.2, 0) is 10.0 Å². The van der Waals surface area contributed by atoms with Gasteiger partial charge in [0, 0.05) is 6.20 Å². The van der Waals surface area contributed by atoms with Crippen molar-refractivity contribution in [2.45, 2.75) is 13.3 Å². The molecular formula is C10H11N3O3S.